The predicted octanol–water partition coefficient (Wildman–Crippen LogP) is 3.24. The van der Waals surface area contributed by atoms with E-state index in [4.69, 9.17) is 4.99 Å². The minimum Gasteiger partial charge on any atom is -0.357 e. The SMILES string of the molecule is CCNC(=NCc1cccc(CN(C)C)c1)NCC(CC)CC. The predicted molar refractivity (Wildman–Crippen MR) is 101 cm³/mol. The molecular weight excluding hydrogens is 284 g/mol. The molecule has 1 aromatic carbocycles. The van der Waals surface area contributed by atoms with Crippen LogP contribution in [0.5, 0.6) is 0 Å². The van der Waals surface area contributed by atoms with Gasteiger partial charge in [0, 0.05) is 19.6 Å². The van der Waals surface area contributed by atoms with Gasteiger partial charge in [0.1, 0.15) is 0 Å². The third-order valence-electron chi connectivity index (χ3n) is 3.97. The first-order chi connectivity index (χ1) is 11.1. The number of nitrogens with zero attached hydrogens (tertiary/aromatic N) is 2. The molecule has 0 radical (unpaired) electrons. The zero-order valence-electron chi connectivity index (χ0n) is 15.5. The molecule has 2 N–H and O–H groups in total. The first-order valence-corrected chi connectivity index (χ1v) is 8.83. The molecule has 0 aliphatic rings. The van der Waals surface area contributed by atoms with Crippen LogP contribution in [0.2, 0.25) is 0 Å². The van der Waals surface area contributed by atoms with Crippen molar-refractivity contribution >= 4 is 5.96 Å². The minimum absolute atomic E-state index is 0.708. The second-order valence-corrected chi connectivity index (χ2v) is 6.32. The molecule has 0 unspecified atom stereocenters. The van der Waals surface area contributed by atoms with Crippen molar-refractivity contribution in [2.24, 2.45) is 10.9 Å². The number of rotatable bonds is 9. The van der Waals surface area contributed by atoms with E-state index in [1.807, 2.05) is 0 Å². The normalized spacial score (nSPS) is 12.0. The summed E-state index contributed by atoms with van der Waals surface area (Å²) < 4.78 is 0. The molecule has 4 nitrogen and oxygen atoms in total. The fraction of sp³-hybridized carbons (Fsp3) is 0.632. The van der Waals surface area contributed by atoms with Gasteiger partial charge < -0.3 is 15.5 Å². The van der Waals surface area contributed by atoms with Gasteiger partial charge in [-0.2, -0.15) is 0 Å². The molecule has 0 saturated heterocycles. The van der Waals surface area contributed by atoms with Gasteiger partial charge in [-0.3, -0.25) is 0 Å². The Kier molecular flexibility index (Phi) is 9.37. The van der Waals surface area contributed by atoms with Crippen LogP contribution in [0.1, 0.15) is 44.7 Å². The first kappa shape index (κ1) is 19.5. The van der Waals surface area contributed by atoms with Crippen LogP contribution >= 0.6 is 0 Å². The van der Waals surface area contributed by atoms with Crippen molar-refractivity contribution in [3.05, 3.63) is 35.4 Å². The van der Waals surface area contributed by atoms with Crippen molar-refractivity contribution in [2.45, 2.75) is 46.7 Å². The summed E-state index contributed by atoms with van der Waals surface area (Å²) in [5, 5.41) is 6.80. The highest BCUT2D eigenvalue weighted by Gasteiger charge is 2.05. The standard InChI is InChI=1S/C19H34N4/c1-6-16(7-2)13-21-19(20-8-3)22-14-17-10-9-11-18(12-17)15-23(4)5/h9-12,16H,6-8,13-15H2,1-5H3,(H2,20,21,22). The molecule has 1 rings (SSSR count). The minimum atomic E-state index is 0.708. The highest BCUT2D eigenvalue weighted by atomic mass is 15.2. The van der Waals surface area contributed by atoms with E-state index in [-0.39, 0.29) is 0 Å². The van der Waals surface area contributed by atoms with Gasteiger partial charge in [-0.05, 0) is 38.1 Å². The number of hydrogen-bond donors (Lipinski definition) is 2. The molecule has 0 fully saturated rings. The van der Waals surface area contributed by atoms with E-state index in [1.165, 1.54) is 24.0 Å². The van der Waals surface area contributed by atoms with Gasteiger partial charge in [-0.15, -0.1) is 0 Å². The third kappa shape index (κ3) is 8.03. The summed E-state index contributed by atoms with van der Waals surface area (Å²) in [7, 11) is 4.19. The molecule has 0 aliphatic heterocycles. The lowest BCUT2D eigenvalue weighted by Crippen LogP contribution is -2.39. The number of benzene rings is 1. The average molecular weight is 319 g/mol. The zero-order valence-corrected chi connectivity index (χ0v) is 15.5. The molecule has 0 atom stereocenters. The van der Waals surface area contributed by atoms with E-state index in [0.717, 1.165) is 25.6 Å². The first-order valence-electron chi connectivity index (χ1n) is 8.83. The Labute approximate surface area is 142 Å². The Morgan fingerprint density at radius 3 is 2.39 bits per heavy atom. The van der Waals surface area contributed by atoms with Gasteiger partial charge in [-0.1, -0.05) is 51.0 Å². The van der Waals surface area contributed by atoms with Gasteiger partial charge in [0.05, 0.1) is 6.54 Å². The monoisotopic (exact) mass is 318 g/mol. The summed E-state index contributed by atoms with van der Waals surface area (Å²) in [4.78, 5) is 6.91. The lowest BCUT2D eigenvalue weighted by molar-refractivity contribution is 0.402. The van der Waals surface area contributed by atoms with Crippen LogP contribution in [0.4, 0.5) is 0 Å². The quantitative estimate of drug-likeness (QED) is 0.542. The molecule has 130 valence electrons. The average Bonchev–Trinajstić information content (AvgIpc) is 2.53. The van der Waals surface area contributed by atoms with Crippen LogP contribution in [0.25, 0.3) is 0 Å². The number of nitrogens with one attached hydrogen (secondary N) is 2. The molecule has 0 bridgehead atoms. The van der Waals surface area contributed by atoms with Gasteiger partial charge in [0.25, 0.3) is 0 Å². The Morgan fingerprint density at radius 2 is 1.78 bits per heavy atom. The smallest absolute Gasteiger partial charge is 0.191 e. The van der Waals surface area contributed by atoms with Gasteiger partial charge in [0.2, 0.25) is 0 Å². The van der Waals surface area contributed by atoms with Crippen molar-refractivity contribution in [1.82, 2.24) is 15.5 Å². The van der Waals surface area contributed by atoms with Crippen molar-refractivity contribution in [3.63, 3.8) is 0 Å². The van der Waals surface area contributed by atoms with Gasteiger partial charge in [-0.25, -0.2) is 4.99 Å². The van der Waals surface area contributed by atoms with E-state index >= 15 is 0 Å². The molecule has 4 heteroatoms. The van der Waals surface area contributed by atoms with Crippen LogP contribution < -0.4 is 10.6 Å². The van der Waals surface area contributed by atoms with E-state index in [2.05, 4.69) is 74.7 Å². The molecule has 0 heterocycles. The highest BCUT2D eigenvalue weighted by molar-refractivity contribution is 5.79. The topological polar surface area (TPSA) is 39.7 Å². The lowest BCUT2D eigenvalue weighted by atomic mass is 10.0. The fourth-order valence-corrected chi connectivity index (χ4v) is 2.52. The Balaban J connectivity index is 2.65. The van der Waals surface area contributed by atoms with E-state index in [9.17, 15) is 0 Å². The molecule has 0 aliphatic carbocycles. The summed E-state index contributed by atoms with van der Waals surface area (Å²) in [6.07, 6.45) is 2.41. The largest absolute Gasteiger partial charge is 0.357 e. The molecule has 0 spiro atoms. The molecule has 0 saturated carbocycles. The van der Waals surface area contributed by atoms with Crippen LogP contribution in [-0.4, -0.2) is 38.0 Å². The molecule has 0 aromatic heterocycles. The summed E-state index contributed by atoms with van der Waals surface area (Å²) >= 11 is 0. The number of guanidine groups is 1. The molecular formula is C19H34N4. The maximum atomic E-state index is 4.73. The summed E-state index contributed by atoms with van der Waals surface area (Å²) in [5.41, 5.74) is 2.58. The zero-order chi connectivity index (χ0) is 17.1. The fourth-order valence-electron chi connectivity index (χ4n) is 2.52. The van der Waals surface area contributed by atoms with Gasteiger partial charge >= 0.3 is 0 Å². The lowest BCUT2D eigenvalue weighted by Gasteiger charge is -2.16. The van der Waals surface area contributed by atoms with Gasteiger partial charge in [0.15, 0.2) is 5.96 Å². The Morgan fingerprint density at radius 1 is 1.09 bits per heavy atom. The van der Waals surface area contributed by atoms with Crippen molar-refractivity contribution in [3.8, 4) is 0 Å². The van der Waals surface area contributed by atoms with E-state index < -0.39 is 0 Å². The maximum absolute atomic E-state index is 4.73. The molecule has 0 amide bonds. The third-order valence-corrected chi connectivity index (χ3v) is 3.97. The van der Waals surface area contributed by atoms with Crippen LogP contribution in [0.15, 0.2) is 29.3 Å². The van der Waals surface area contributed by atoms with Crippen molar-refractivity contribution in [1.29, 1.82) is 0 Å². The molecule has 1 aromatic rings. The van der Waals surface area contributed by atoms with E-state index in [0.29, 0.717) is 12.5 Å². The van der Waals surface area contributed by atoms with Crippen LogP contribution in [0, 0.1) is 5.92 Å². The summed E-state index contributed by atoms with van der Waals surface area (Å²) in [6.45, 7) is 10.1. The summed E-state index contributed by atoms with van der Waals surface area (Å²) in [5.74, 6) is 1.62. The number of hydrogen-bond acceptors (Lipinski definition) is 2. The van der Waals surface area contributed by atoms with Crippen LogP contribution in [0.3, 0.4) is 0 Å². The molecule has 23 heavy (non-hydrogen) atoms. The second-order valence-electron chi connectivity index (χ2n) is 6.32. The summed E-state index contributed by atoms with van der Waals surface area (Å²) in [6, 6.07) is 8.68. The Bertz CT molecular complexity index is 464. The van der Waals surface area contributed by atoms with E-state index in [1.54, 1.807) is 0 Å². The second kappa shape index (κ2) is 11.1. The Hall–Kier alpha value is -1.55. The van der Waals surface area contributed by atoms with Crippen molar-refractivity contribution < 1.29 is 0 Å². The van der Waals surface area contributed by atoms with Crippen molar-refractivity contribution in [2.75, 3.05) is 27.2 Å². The number of aliphatic imine (C=N–C) groups is 1. The maximum Gasteiger partial charge on any atom is 0.191 e. The highest BCUT2D eigenvalue weighted by Crippen LogP contribution is 2.08. The van der Waals surface area contributed by atoms with Crippen LogP contribution in [-0.2, 0) is 13.1 Å².